The van der Waals surface area contributed by atoms with Crippen LogP contribution in [0, 0.1) is 10.1 Å². The van der Waals surface area contributed by atoms with Gasteiger partial charge in [0, 0.05) is 29.2 Å². The minimum atomic E-state index is -0.405. The average molecular weight is 352 g/mol. The predicted octanol–water partition coefficient (Wildman–Crippen LogP) is 4.70. The van der Waals surface area contributed by atoms with Crippen LogP contribution in [0.3, 0.4) is 0 Å². The fourth-order valence-corrected chi connectivity index (χ4v) is 3.31. The molecule has 0 fully saturated rings. The first-order chi connectivity index (χ1) is 11.1. The Hall–Kier alpha value is -1.92. The SMILES string of the molecule is O=[N+]([O-])c1ccc(SCc2cc(Cl)c3c(c2)OCCCO3)cc1. The molecule has 0 unspecified atom stereocenters. The Morgan fingerprint density at radius 1 is 1.17 bits per heavy atom. The maximum atomic E-state index is 10.7. The van der Waals surface area contributed by atoms with Crippen molar-refractivity contribution in [3.8, 4) is 11.5 Å². The van der Waals surface area contributed by atoms with Gasteiger partial charge >= 0.3 is 0 Å². The van der Waals surface area contributed by atoms with Gasteiger partial charge in [0.25, 0.3) is 5.69 Å². The van der Waals surface area contributed by atoms with E-state index in [9.17, 15) is 10.1 Å². The number of hydrogen-bond donors (Lipinski definition) is 0. The zero-order valence-electron chi connectivity index (χ0n) is 12.2. The molecule has 3 rings (SSSR count). The molecule has 1 aliphatic rings. The summed E-state index contributed by atoms with van der Waals surface area (Å²) in [6.45, 7) is 1.21. The average Bonchev–Trinajstić information content (AvgIpc) is 2.79. The van der Waals surface area contributed by atoms with Crippen molar-refractivity contribution in [1.29, 1.82) is 0 Å². The number of benzene rings is 2. The van der Waals surface area contributed by atoms with Crippen LogP contribution in [0.2, 0.25) is 5.02 Å². The Morgan fingerprint density at radius 3 is 2.65 bits per heavy atom. The Labute approximate surface area is 142 Å². The zero-order chi connectivity index (χ0) is 16.2. The van der Waals surface area contributed by atoms with Crippen molar-refractivity contribution >= 4 is 29.1 Å². The number of nitro benzene ring substituents is 1. The minimum Gasteiger partial charge on any atom is -0.489 e. The van der Waals surface area contributed by atoms with Crippen LogP contribution in [0.15, 0.2) is 41.3 Å². The fourth-order valence-electron chi connectivity index (χ4n) is 2.20. The lowest BCUT2D eigenvalue weighted by atomic mass is 10.2. The highest BCUT2D eigenvalue weighted by Gasteiger charge is 2.15. The van der Waals surface area contributed by atoms with Crippen molar-refractivity contribution in [2.45, 2.75) is 17.1 Å². The molecule has 0 atom stereocenters. The van der Waals surface area contributed by atoms with E-state index in [1.807, 2.05) is 12.1 Å². The Balaban J connectivity index is 1.72. The van der Waals surface area contributed by atoms with Crippen LogP contribution in [0.5, 0.6) is 11.5 Å². The molecule has 7 heteroatoms. The summed E-state index contributed by atoms with van der Waals surface area (Å²) < 4.78 is 11.3. The second kappa shape index (κ2) is 7.10. The number of ether oxygens (including phenoxy) is 2. The lowest BCUT2D eigenvalue weighted by Gasteiger charge is -2.11. The summed E-state index contributed by atoms with van der Waals surface area (Å²) in [6.07, 6.45) is 0.831. The van der Waals surface area contributed by atoms with Gasteiger partial charge in [0.1, 0.15) is 0 Å². The molecule has 0 bridgehead atoms. The monoisotopic (exact) mass is 351 g/mol. The molecule has 0 saturated heterocycles. The molecule has 0 spiro atoms. The van der Waals surface area contributed by atoms with E-state index in [1.54, 1.807) is 23.9 Å². The number of rotatable bonds is 4. The van der Waals surface area contributed by atoms with Gasteiger partial charge in [-0.1, -0.05) is 11.6 Å². The first-order valence-electron chi connectivity index (χ1n) is 7.09. The second-order valence-electron chi connectivity index (χ2n) is 5.00. The van der Waals surface area contributed by atoms with Crippen molar-refractivity contribution < 1.29 is 14.4 Å². The summed E-state index contributed by atoms with van der Waals surface area (Å²) >= 11 is 7.85. The number of nitrogens with zero attached hydrogens (tertiary/aromatic N) is 1. The zero-order valence-corrected chi connectivity index (χ0v) is 13.7. The molecule has 0 aromatic heterocycles. The molecule has 1 aliphatic heterocycles. The van der Waals surface area contributed by atoms with E-state index in [2.05, 4.69) is 0 Å². The molecular formula is C16H14ClNO4S. The smallest absolute Gasteiger partial charge is 0.269 e. The van der Waals surface area contributed by atoms with Crippen LogP contribution in [-0.2, 0) is 5.75 Å². The fraction of sp³-hybridized carbons (Fsp3) is 0.250. The quantitative estimate of drug-likeness (QED) is 0.454. The van der Waals surface area contributed by atoms with Crippen LogP contribution in [0.4, 0.5) is 5.69 Å². The third-order valence-electron chi connectivity index (χ3n) is 3.31. The number of thioether (sulfide) groups is 1. The van der Waals surface area contributed by atoms with Gasteiger partial charge in [-0.3, -0.25) is 10.1 Å². The van der Waals surface area contributed by atoms with Crippen LogP contribution in [0.1, 0.15) is 12.0 Å². The van der Waals surface area contributed by atoms with Crippen molar-refractivity contribution in [2.75, 3.05) is 13.2 Å². The summed E-state index contributed by atoms with van der Waals surface area (Å²) in [7, 11) is 0. The summed E-state index contributed by atoms with van der Waals surface area (Å²) in [5.74, 6) is 1.97. The molecule has 0 aliphatic carbocycles. The van der Waals surface area contributed by atoms with Gasteiger partial charge in [0.2, 0.25) is 0 Å². The van der Waals surface area contributed by atoms with Gasteiger partial charge in [-0.05, 0) is 29.8 Å². The molecule has 23 heavy (non-hydrogen) atoms. The maximum Gasteiger partial charge on any atom is 0.269 e. The first-order valence-corrected chi connectivity index (χ1v) is 8.45. The standard InChI is InChI=1S/C16H14ClNO4S/c17-14-8-11(9-15-16(14)22-7-1-6-21-15)10-23-13-4-2-12(3-5-13)18(19)20/h2-5,8-9H,1,6-7,10H2. The van der Waals surface area contributed by atoms with Gasteiger partial charge < -0.3 is 9.47 Å². The number of non-ortho nitro benzene ring substituents is 1. The minimum absolute atomic E-state index is 0.0907. The Bertz CT molecular complexity index is 721. The van der Waals surface area contributed by atoms with Crippen LogP contribution in [0.25, 0.3) is 0 Å². The third-order valence-corrected chi connectivity index (χ3v) is 4.68. The molecule has 0 saturated carbocycles. The van der Waals surface area contributed by atoms with Crippen molar-refractivity contribution in [3.63, 3.8) is 0 Å². The molecule has 0 radical (unpaired) electrons. The lowest BCUT2D eigenvalue weighted by molar-refractivity contribution is -0.384. The topological polar surface area (TPSA) is 61.6 Å². The number of nitro groups is 1. The highest BCUT2D eigenvalue weighted by molar-refractivity contribution is 7.98. The van der Waals surface area contributed by atoms with E-state index in [0.29, 0.717) is 35.5 Å². The van der Waals surface area contributed by atoms with E-state index in [-0.39, 0.29) is 5.69 Å². The summed E-state index contributed by atoms with van der Waals surface area (Å²) in [6, 6.07) is 10.3. The third kappa shape index (κ3) is 3.89. The van der Waals surface area contributed by atoms with E-state index in [0.717, 1.165) is 16.9 Å². The molecular weight excluding hydrogens is 338 g/mol. The summed E-state index contributed by atoms with van der Waals surface area (Å²) in [5, 5.41) is 11.2. The largest absolute Gasteiger partial charge is 0.489 e. The number of halogens is 1. The normalized spacial score (nSPS) is 13.4. The van der Waals surface area contributed by atoms with Gasteiger partial charge in [-0.2, -0.15) is 0 Å². The Kier molecular flexibility index (Phi) is 4.93. The van der Waals surface area contributed by atoms with E-state index < -0.39 is 4.92 Å². The summed E-state index contributed by atoms with van der Waals surface area (Å²) in [4.78, 5) is 11.2. The number of hydrogen-bond acceptors (Lipinski definition) is 5. The molecule has 5 nitrogen and oxygen atoms in total. The van der Waals surface area contributed by atoms with Gasteiger partial charge in [0.15, 0.2) is 11.5 Å². The molecule has 2 aromatic carbocycles. The van der Waals surface area contributed by atoms with E-state index in [4.69, 9.17) is 21.1 Å². The highest BCUT2D eigenvalue weighted by Crippen LogP contribution is 2.39. The van der Waals surface area contributed by atoms with Crippen LogP contribution in [-0.4, -0.2) is 18.1 Å². The second-order valence-corrected chi connectivity index (χ2v) is 6.45. The molecule has 120 valence electrons. The molecule has 0 N–H and O–H groups in total. The molecule has 0 amide bonds. The predicted molar refractivity (Wildman–Crippen MR) is 89.7 cm³/mol. The maximum absolute atomic E-state index is 10.7. The summed E-state index contributed by atoms with van der Waals surface area (Å²) in [5.41, 5.74) is 1.11. The van der Waals surface area contributed by atoms with Crippen molar-refractivity contribution in [1.82, 2.24) is 0 Å². The van der Waals surface area contributed by atoms with Crippen molar-refractivity contribution in [2.24, 2.45) is 0 Å². The van der Waals surface area contributed by atoms with Gasteiger partial charge in [0.05, 0.1) is 23.2 Å². The number of fused-ring (bicyclic) bond motifs is 1. The molecule has 1 heterocycles. The van der Waals surface area contributed by atoms with Crippen LogP contribution >= 0.6 is 23.4 Å². The highest BCUT2D eigenvalue weighted by atomic mass is 35.5. The first kappa shape index (κ1) is 16.0. The van der Waals surface area contributed by atoms with Gasteiger partial charge in [-0.25, -0.2) is 0 Å². The lowest BCUT2D eigenvalue weighted by Crippen LogP contribution is -1.97. The van der Waals surface area contributed by atoms with Gasteiger partial charge in [-0.15, -0.1) is 11.8 Å². The van der Waals surface area contributed by atoms with E-state index >= 15 is 0 Å². The van der Waals surface area contributed by atoms with Crippen LogP contribution < -0.4 is 9.47 Å². The molecule has 2 aromatic rings. The van der Waals surface area contributed by atoms with E-state index in [1.165, 1.54) is 12.1 Å². The van der Waals surface area contributed by atoms with Crippen molar-refractivity contribution in [3.05, 3.63) is 57.1 Å². The Morgan fingerprint density at radius 2 is 1.91 bits per heavy atom.